The Balaban J connectivity index is 1.80. The van der Waals surface area contributed by atoms with Gasteiger partial charge in [0.1, 0.15) is 0 Å². The fourth-order valence-electron chi connectivity index (χ4n) is 1.93. The maximum atomic E-state index is 4.33. The van der Waals surface area contributed by atoms with E-state index in [0.717, 1.165) is 37.3 Å². The third-order valence-electron chi connectivity index (χ3n) is 2.97. The molecule has 0 saturated heterocycles. The Morgan fingerprint density at radius 3 is 2.60 bits per heavy atom. The van der Waals surface area contributed by atoms with Crippen molar-refractivity contribution in [2.75, 3.05) is 25.5 Å². The molecule has 106 valence electrons. The van der Waals surface area contributed by atoms with Gasteiger partial charge in [0, 0.05) is 55.9 Å². The van der Waals surface area contributed by atoms with Gasteiger partial charge in [-0.3, -0.25) is 4.98 Å². The molecule has 0 saturated carbocycles. The molecule has 2 aromatic rings. The predicted octanol–water partition coefficient (Wildman–Crippen LogP) is 1.98. The molecule has 0 unspecified atom stereocenters. The minimum absolute atomic E-state index is 0.687. The highest BCUT2D eigenvalue weighted by Crippen LogP contribution is 2.04. The second kappa shape index (κ2) is 7.55. The maximum Gasteiger partial charge on any atom is 0.222 e. The lowest BCUT2D eigenvalue weighted by Gasteiger charge is -2.16. The highest BCUT2D eigenvalue weighted by Gasteiger charge is 2.03. The molecule has 0 amide bonds. The van der Waals surface area contributed by atoms with Crippen LogP contribution in [-0.2, 0) is 13.0 Å². The van der Waals surface area contributed by atoms with Crippen LogP contribution in [0, 0.1) is 0 Å². The van der Waals surface area contributed by atoms with Crippen LogP contribution in [0.25, 0.3) is 0 Å². The SMILES string of the molecule is CCNc1ncc(CN(C)CCc2ccccn2)cn1. The van der Waals surface area contributed by atoms with Crippen LogP contribution in [0.15, 0.2) is 36.8 Å². The van der Waals surface area contributed by atoms with E-state index >= 15 is 0 Å². The average Bonchev–Trinajstić information content (AvgIpc) is 2.49. The number of nitrogens with zero attached hydrogens (tertiary/aromatic N) is 4. The first-order chi connectivity index (χ1) is 9.78. The number of aromatic nitrogens is 3. The van der Waals surface area contributed by atoms with Crippen LogP contribution in [-0.4, -0.2) is 40.0 Å². The molecule has 0 aromatic carbocycles. The van der Waals surface area contributed by atoms with Crippen LogP contribution < -0.4 is 5.32 Å². The van der Waals surface area contributed by atoms with E-state index in [-0.39, 0.29) is 0 Å². The summed E-state index contributed by atoms with van der Waals surface area (Å²) in [7, 11) is 2.10. The fraction of sp³-hybridized carbons (Fsp3) is 0.400. The molecule has 0 fully saturated rings. The zero-order chi connectivity index (χ0) is 14.2. The Labute approximate surface area is 120 Å². The van der Waals surface area contributed by atoms with Crippen LogP contribution in [0.2, 0.25) is 0 Å². The largest absolute Gasteiger partial charge is 0.355 e. The van der Waals surface area contributed by atoms with Crippen LogP contribution in [0.1, 0.15) is 18.2 Å². The minimum Gasteiger partial charge on any atom is -0.355 e. The van der Waals surface area contributed by atoms with Gasteiger partial charge in [-0.15, -0.1) is 0 Å². The molecule has 2 heterocycles. The van der Waals surface area contributed by atoms with Crippen molar-refractivity contribution in [1.82, 2.24) is 19.9 Å². The van der Waals surface area contributed by atoms with Crippen molar-refractivity contribution in [2.45, 2.75) is 19.9 Å². The Morgan fingerprint density at radius 2 is 1.95 bits per heavy atom. The first-order valence-electron chi connectivity index (χ1n) is 6.91. The van der Waals surface area contributed by atoms with Gasteiger partial charge in [0.15, 0.2) is 0 Å². The number of likely N-dealkylation sites (N-methyl/N-ethyl adjacent to an activating group) is 1. The summed E-state index contributed by atoms with van der Waals surface area (Å²) in [6, 6.07) is 6.02. The molecule has 5 nitrogen and oxygen atoms in total. The molecule has 1 N–H and O–H groups in total. The van der Waals surface area contributed by atoms with Crippen LogP contribution >= 0.6 is 0 Å². The van der Waals surface area contributed by atoms with E-state index in [4.69, 9.17) is 0 Å². The van der Waals surface area contributed by atoms with Crippen molar-refractivity contribution in [1.29, 1.82) is 0 Å². The van der Waals surface area contributed by atoms with E-state index in [2.05, 4.69) is 38.3 Å². The Kier molecular flexibility index (Phi) is 5.43. The van der Waals surface area contributed by atoms with Gasteiger partial charge in [-0.05, 0) is 26.1 Å². The number of rotatable bonds is 7. The number of anilines is 1. The van der Waals surface area contributed by atoms with Gasteiger partial charge in [-0.1, -0.05) is 6.07 Å². The van der Waals surface area contributed by atoms with Crippen molar-refractivity contribution in [3.05, 3.63) is 48.0 Å². The molecule has 0 aliphatic rings. The van der Waals surface area contributed by atoms with Gasteiger partial charge in [0.25, 0.3) is 0 Å². The van der Waals surface area contributed by atoms with Crippen LogP contribution in [0.5, 0.6) is 0 Å². The molecule has 0 bridgehead atoms. The van der Waals surface area contributed by atoms with Gasteiger partial charge >= 0.3 is 0 Å². The Bertz CT molecular complexity index is 497. The molecular formula is C15H21N5. The van der Waals surface area contributed by atoms with E-state index in [1.54, 1.807) is 0 Å². The van der Waals surface area contributed by atoms with E-state index in [0.29, 0.717) is 5.95 Å². The lowest BCUT2D eigenvalue weighted by Crippen LogP contribution is -2.21. The quantitative estimate of drug-likeness (QED) is 0.834. The zero-order valence-corrected chi connectivity index (χ0v) is 12.1. The summed E-state index contributed by atoms with van der Waals surface area (Å²) in [5, 5.41) is 3.09. The lowest BCUT2D eigenvalue weighted by molar-refractivity contribution is 0.329. The van der Waals surface area contributed by atoms with E-state index in [1.807, 2.05) is 37.6 Å². The molecule has 0 aliphatic heterocycles. The third-order valence-corrected chi connectivity index (χ3v) is 2.97. The normalized spacial score (nSPS) is 10.8. The molecule has 2 rings (SSSR count). The first kappa shape index (κ1) is 14.4. The highest BCUT2D eigenvalue weighted by atomic mass is 15.1. The summed E-state index contributed by atoms with van der Waals surface area (Å²) >= 11 is 0. The van der Waals surface area contributed by atoms with Gasteiger partial charge in [-0.2, -0.15) is 0 Å². The monoisotopic (exact) mass is 271 g/mol. The molecule has 2 aromatic heterocycles. The summed E-state index contributed by atoms with van der Waals surface area (Å²) < 4.78 is 0. The number of nitrogens with one attached hydrogen (secondary N) is 1. The molecule has 0 radical (unpaired) electrons. The molecule has 5 heteroatoms. The molecule has 0 atom stereocenters. The van der Waals surface area contributed by atoms with Crippen molar-refractivity contribution >= 4 is 5.95 Å². The van der Waals surface area contributed by atoms with Crippen molar-refractivity contribution < 1.29 is 0 Å². The summed E-state index contributed by atoms with van der Waals surface area (Å²) in [4.78, 5) is 15.1. The lowest BCUT2D eigenvalue weighted by atomic mass is 10.2. The molecule has 0 spiro atoms. The second-order valence-corrected chi connectivity index (χ2v) is 4.75. The van der Waals surface area contributed by atoms with Crippen molar-refractivity contribution in [3.63, 3.8) is 0 Å². The number of pyridine rings is 1. The fourth-order valence-corrected chi connectivity index (χ4v) is 1.93. The second-order valence-electron chi connectivity index (χ2n) is 4.75. The van der Waals surface area contributed by atoms with Crippen LogP contribution in [0.4, 0.5) is 5.95 Å². The van der Waals surface area contributed by atoms with Gasteiger partial charge in [0.2, 0.25) is 5.95 Å². The standard InChI is InChI=1S/C15H21N5/c1-3-16-15-18-10-13(11-19-15)12-20(2)9-7-14-6-4-5-8-17-14/h4-6,8,10-11H,3,7,9,12H2,1-2H3,(H,16,18,19). The number of hydrogen-bond donors (Lipinski definition) is 1. The van der Waals surface area contributed by atoms with E-state index < -0.39 is 0 Å². The van der Waals surface area contributed by atoms with Gasteiger partial charge < -0.3 is 10.2 Å². The topological polar surface area (TPSA) is 53.9 Å². The predicted molar refractivity (Wildman–Crippen MR) is 80.5 cm³/mol. The van der Waals surface area contributed by atoms with E-state index in [1.165, 1.54) is 0 Å². The Hall–Kier alpha value is -2.01. The maximum absolute atomic E-state index is 4.33. The summed E-state index contributed by atoms with van der Waals surface area (Å²) in [6.45, 7) is 4.68. The summed E-state index contributed by atoms with van der Waals surface area (Å²) in [6.07, 6.45) is 6.54. The minimum atomic E-state index is 0.687. The van der Waals surface area contributed by atoms with Crippen molar-refractivity contribution in [3.8, 4) is 0 Å². The molecule has 0 aliphatic carbocycles. The van der Waals surface area contributed by atoms with Gasteiger partial charge in [-0.25, -0.2) is 9.97 Å². The van der Waals surface area contributed by atoms with Crippen LogP contribution in [0.3, 0.4) is 0 Å². The van der Waals surface area contributed by atoms with E-state index in [9.17, 15) is 0 Å². The van der Waals surface area contributed by atoms with Crippen molar-refractivity contribution in [2.24, 2.45) is 0 Å². The molecule has 20 heavy (non-hydrogen) atoms. The summed E-state index contributed by atoms with van der Waals surface area (Å²) in [5.41, 5.74) is 2.24. The summed E-state index contributed by atoms with van der Waals surface area (Å²) in [5.74, 6) is 0.687. The third kappa shape index (κ3) is 4.59. The smallest absolute Gasteiger partial charge is 0.222 e. The zero-order valence-electron chi connectivity index (χ0n) is 12.1. The van der Waals surface area contributed by atoms with Gasteiger partial charge in [0.05, 0.1) is 0 Å². The molecular weight excluding hydrogens is 250 g/mol. The Morgan fingerprint density at radius 1 is 1.15 bits per heavy atom. The first-order valence-corrected chi connectivity index (χ1v) is 6.91. The average molecular weight is 271 g/mol. The highest BCUT2D eigenvalue weighted by molar-refractivity contribution is 5.24. The number of hydrogen-bond acceptors (Lipinski definition) is 5.